The van der Waals surface area contributed by atoms with Gasteiger partial charge in [0, 0.05) is 5.39 Å². The molecule has 114 valence electrons. The molecule has 0 saturated carbocycles. The highest BCUT2D eigenvalue weighted by atomic mass is 16.3. The number of hydrogen-bond acceptors (Lipinski definition) is 4. The van der Waals surface area contributed by atoms with E-state index in [9.17, 15) is 4.79 Å². The Labute approximate surface area is 127 Å². The first-order chi connectivity index (χ1) is 10.7. The lowest BCUT2D eigenvalue weighted by Crippen LogP contribution is -2.30. The SMILES string of the molecule is Cc1ccc2oc3c(=O)[nH]c(CN4CCCCC4)nc3c2c1. The number of piperidine rings is 1. The molecule has 0 unspecified atom stereocenters. The molecule has 1 aliphatic heterocycles. The number of hydrogen-bond donors (Lipinski definition) is 1. The highest BCUT2D eigenvalue weighted by molar-refractivity contribution is 6.02. The van der Waals surface area contributed by atoms with Gasteiger partial charge in [0.1, 0.15) is 16.9 Å². The van der Waals surface area contributed by atoms with Crippen molar-refractivity contribution in [3.63, 3.8) is 0 Å². The van der Waals surface area contributed by atoms with Gasteiger partial charge in [-0.2, -0.15) is 0 Å². The van der Waals surface area contributed by atoms with Gasteiger partial charge in [0.2, 0.25) is 5.58 Å². The molecule has 5 nitrogen and oxygen atoms in total. The zero-order chi connectivity index (χ0) is 15.1. The van der Waals surface area contributed by atoms with Crippen molar-refractivity contribution in [3.05, 3.63) is 39.9 Å². The lowest BCUT2D eigenvalue weighted by atomic mass is 10.1. The molecule has 1 saturated heterocycles. The normalized spacial score (nSPS) is 16.6. The summed E-state index contributed by atoms with van der Waals surface area (Å²) in [5.74, 6) is 0.726. The monoisotopic (exact) mass is 297 g/mol. The number of nitrogens with one attached hydrogen (secondary N) is 1. The van der Waals surface area contributed by atoms with Crippen molar-refractivity contribution in [1.29, 1.82) is 0 Å². The van der Waals surface area contributed by atoms with Crippen LogP contribution in [0.5, 0.6) is 0 Å². The molecule has 0 amide bonds. The van der Waals surface area contributed by atoms with E-state index in [2.05, 4.69) is 14.9 Å². The Hall–Kier alpha value is -2.14. The Bertz CT molecular complexity index is 888. The number of nitrogens with zero attached hydrogens (tertiary/aromatic N) is 2. The molecule has 1 fully saturated rings. The molecule has 1 aromatic carbocycles. The van der Waals surface area contributed by atoms with Gasteiger partial charge in [-0.15, -0.1) is 0 Å². The van der Waals surface area contributed by atoms with Gasteiger partial charge in [0.25, 0.3) is 5.56 Å². The fraction of sp³-hybridized carbons (Fsp3) is 0.412. The number of benzene rings is 1. The number of aromatic nitrogens is 2. The zero-order valence-corrected chi connectivity index (χ0v) is 12.7. The largest absolute Gasteiger partial charge is 0.449 e. The third kappa shape index (κ3) is 2.31. The summed E-state index contributed by atoms with van der Waals surface area (Å²) in [4.78, 5) is 22.2. The maximum absolute atomic E-state index is 12.3. The molecule has 22 heavy (non-hydrogen) atoms. The van der Waals surface area contributed by atoms with Crippen LogP contribution in [-0.2, 0) is 6.54 Å². The van der Waals surface area contributed by atoms with Gasteiger partial charge >= 0.3 is 0 Å². The summed E-state index contributed by atoms with van der Waals surface area (Å²) < 4.78 is 5.66. The highest BCUT2D eigenvalue weighted by Gasteiger charge is 2.16. The number of aromatic amines is 1. The molecule has 3 heterocycles. The zero-order valence-electron chi connectivity index (χ0n) is 12.7. The van der Waals surface area contributed by atoms with E-state index in [0.717, 1.165) is 29.9 Å². The lowest BCUT2D eigenvalue weighted by molar-refractivity contribution is 0.216. The molecule has 0 spiro atoms. The summed E-state index contributed by atoms with van der Waals surface area (Å²) >= 11 is 0. The first-order valence-corrected chi connectivity index (χ1v) is 7.85. The minimum Gasteiger partial charge on any atom is -0.449 e. The summed E-state index contributed by atoms with van der Waals surface area (Å²) in [5, 5.41) is 0.918. The summed E-state index contributed by atoms with van der Waals surface area (Å²) in [7, 11) is 0. The minimum atomic E-state index is -0.189. The van der Waals surface area contributed by atoms with Crippen molar-refractivity contribution in [2.75, 3.05) is 13.1 Å². The van der Waals surface area contributed by atoms with E-state index in [0.29, 0.717) is 23.2 Å². The Balaban J connectivity index is 1.81. The molecule has 1 N–H and O–H groups in total. The molecular formula is C17H19N3O2. The van der Waals surface area contributed by atoms with Crippen molar-refractivity contribution in [1.82, 2.24) is 14.9 Å². The van der Waals surface area contributed by atoms with Gasteiger partial charge in [0.15, 0.2) is 0 Å². The van der Waals surface area contributed by atoms with Crippen LogP contribution in [0, 0.1) is 6.92 Å². The predicted molar refractivity (Wildman–Crippen MR) is 86.0 cm³/mol. The van der Waals surface area contributed by atoms with E-state index >= 15 is 0 Å². The van der Waals surface area contributed by atoms with Gasteiger partial charge in [0.05, 0.1) is 6.54 Å². The van der Waals surface area contributed by atoms with Crippen LogP contribution in [0.1, 0.15) is 30.7 Å². The quantitative estimate of drug-likeness (QED) is 0.790. The van der Waals surface area contributed by atoms with Gasteiger partial charge in [-0.25, -0.2) is 4.98 Å². The Morgan fingerprint density at radius 2 is 2.09 bits per heavy atom. The highest BCUT2D eigenvalue weighted by Crippen LogP contribution is 2.26. The van der Waals surface area contributed by atoms with Crippen LogP contribution in [0.4, 0.5) is 0 Å². The van der Waals surface area contributed by atoms with E-state index in [1.165, 1.54) is 19.3 Å². The lowest BCUT2D eigenvalue weighted by Gasteiger charge is -2.25. The molecule has 0 atom stereocenters. The van der Waals surface area contributed by atoms with Crippen molar-refractivity contribution < 1.29 is 4.42 Å². The van der Waals surface area contributed by atoms with Crippen molar-refractivity contribution in [3.8, 4) is 0 Å². The van der Waals surface area contributed by atoms with Crippen LogP contribution < -0.4 is 5.56 Å². The molecule has 4 rings (SSSR count). The van der Waals surface area contributed by atoms with Crippen LogP contribution in [0.2, 0.25) is 0 Å². The van der Waals surface area contributed by atoms with Crippen molar-refractivity contribution >= 4 is 22.1 Å². The predicted octanol–water partition coefficient (Wildman–Crippen LogP) is 2.96. The van der Waals surface area contributed by atoms with Gasteiger partial charge in [-0.05, 0) is 45.0 Å². The van der Waals surface area contributed by atoms with Crippen molar-refractivity contribution in [2.45, 2.75) is 32.7 Å². The summed E-state index contributed by atoms with van der Waals surface area (Å²) in [6.07, 6.45) is 3.74. The number of aryl methyl sites for hydroxylation is 1. The molecule has 5 heteroatoms. The molecule has 2 aromatic heterocycles. The van der Waals surface area contributed by atoms with Crippen LogP contribution in [0.3, 0.4) is 0 Å². The third-order valence-electron chi connectivity index (χ3n) is 4.35. The Kier molecular flexibility index (Phi) is 3.22. The smallest absolute Gasteiger partial charge is 0.294 e. The maximum atomic E-state index is 12.3. The third-order valence-corrected chi connectivity index (χ3v) is 4.35. The Morgan fingerprint density at radius 3 is 2.91 bits per heavy atom. The fourth-order valence-electron chi connectivity index (χ4n) is 3.22. The maximum Gasteiger partial charge on any atom is 0.294 e. The summed E-state index contributed by atoms with van der Waals surface area (Å²) in [5.41, 5.74) is 2.66. The van der Waals surface area contributed by atoms with Gasteiger partial charge in [-0.1, -0.05) is 18.1 Å². The average Bonchev–Trinajstić information content (AvgIpc) is 2.87. The van der Waals surface area contributed by atoms with Crippen LogP contribution in [-0.4, -0.2) is 28.0 Å². The fourth-order valence-corrected chi connectivity index (χ4v) is 3.22. The number of likely N-dealkylation sites (tertiary alicyclic amines) is 1. The number of rotatable bonds is 2. The topological polar surface area (TPSA) is 62.1 Å². The van der Waals surface area contributed by atoms with Gasteiger partial charge < -0.3 is 9.40 Å². The van der Waals surface area contributed by atoms with E-state index in [1.807, 2.05) is 25.1 Å². The second kappa shape index (κ2) is 5.25. The summed E-state index contributed by atoms with van der Waals surface area (Å²) in [6, 6.07) is 5.90. The first-order valence-electron chi connectivity index (χ1n) is 7.85. The number of fused-ring (bicyclic) bond motifs is 3. The van der Waals surface area contributed by atoms with Crippen LogP contribution in [0.25, 0.3) is 22.1 Å². The molecule has 1 aliphatic rings. The average molecular weight is 297 g/mol. The van der Waals surface area contributed by atoms with E-state index < -0.39 is 0 Å². The number of furan rings is 1. The molecule has 3 aromatic rings. The second-order valence-electron chi connectivity index (χ2n) is 6.13. The van der Waals surface area contributed by atoms with E-state index in [1.54, 1.807) is 0 Å². The Morgan fingerprint density at radius 1 is 1.27 bits per heavy atom. The molecule has 0 bridgehead atoms. The standard InChI is InChI=1S/C17H19N3O2/c1-11-5-6-13-12(9-11)15-16(22-13)17(21)19-14(18-15)10-20-7-3-2-4-8-20/h5-6,9H,2-4,7-8,10H2,1H3,(H,18,19,21). The van der Waals surface area contributed by atoms with Gasteiger partial charge in [-0.3, -0.25) is 9.69 Å². The summed E-state index contributed by atoms with van der Waals surface area (Å²) in [6.45, 7) is 4.88. The molecule has 0 aliphatic carbocycles. The van der Waals surface area contributed by atoms with E-state index in [4.69, 9.17) is 4.42 Å². The van der Waals surface area contributed by atoms with Crippen LogP contribution in [0.15, 0.2) is 27.4 Å². The number of H-pyrrole nitrogens is 1. The van der Waals surface area contributed by atoms with Crippen molar-refractivity contribution in [2.24, 2.45) is 0 Å². The first kappa shape index (κ1) is 13.5. The van der Waals surface area contributed by atoms with E-state index in [-0.39, 0.29) is 5.56 Å². The molecule has 0 radical (unpaired) electrons. The second-order valence-corrected chi connectivity index (χ2v) is 6.13. The van der Waals surface area contributed by atoms with Crippen LogP contribution >= 0.6 is 0 Å². The minimum absolute atomic E-state index is 0.189. The molecular weight excluding hydrogens is 278 g/mol.